The van der Waals surface area contributed by atoms with Crippen molar-refractivity contribution in [3.05, 3.63) is 34.7 Å². The fourth-order valence-corrected chi connectivity index (χ4v) is 3.64. The third-order valence-corrected chi connectivity index (χ3v) is 4.72. The van der Waals surface area contributed by atoms with Crippen LogP contribution in [0.25, 0.3) is 0 Å². The highest BCUT2D eigenvalue weighted by Gasteiger charge is 2.41. The number of nitrogens with zero attached hydrogens (tertiary/aromatic N) is 2. The molecule has 1 aromatic rings. The molecule has 25 heavy (non-hydrogen) atoms. The van der Waals surface area contributed by atoms with E-state index in [-0.39, 0.29) is 16.9 Å². The minimum atomic E-state index is -3.73. The standard InChI is InChI=1S/C16H14FN3O4S/c1-25(23,24)19-13-7-14(12(17)6-9(13)8-18)20-15(21)10-4-2-3-5-11(10)16(20)22/h6-7,19H,2-5H2,1H3. The molecule has 2 amide bonds. The fourth-order valence-electron chi connectivity index (χ4n) is 3.07. The summed E-state index contributed by atoms with van der Waals surface area (Å²) in [5.41, 5.74) is -0.0276. The smallest absolute Gasteiger partial charge is 0.261 e. The first-order valence-corrected chi connectivity index (χ1v) is 9.44. The van der Waals surface area contributed by atoms with E-state index in [4.69, 9.17) is 5.26 Å². The average Bonchev–Trinajstić information content (AvgIpc) is 2.79. The molecule has 1 heterocycles. The summed E-state index contributed by atoms with van der Waals surface area (Å²) in [5.74, 6) is -2.13. The first-order chi connectivity index (χ1) is 11.7. The van der Waals surface area contributed by atoms with Crippen molar-refractivity contribution in [3.8, 4) is 6.07 Å². The van der Waals surface area contributed by atoms with Crippen LogP contribution in [0.3, 0.4) is 0 Å². The van der Waals surface area contributed by atoms with Crippen molar-refractivity contribution in [2.75, 3.05) is 15.9 Å². The van der Waals surface area contributed by atoms with Gasteiger partial charge in [-0.25, -0.2) is 17.7 Å². The monoisotopic (exact) mass is 363 g/mol. The number of amides is 2. The van der Waals surface area contributed by atoms with E-state index in [1.807, 2.05) is 0 Å². The van der Waals surface area contributed by atoms with Gasteiger partial charge in [0.15, 0.2) is 0 Å². The maximum Gasteiger partial charge on any atom is 0.261 e. The Morgan fingerprint density at radius 3 is 2.20 bits per heavy atom. The fraction of sp³-hybridized carbons (Fsp3) is 0.312. The van der Waals surface area contributed by atoms with Gasteiger partial charge in [0.2, 0.25) is 10.0 Å². The molecule has 130 valence electrons. The van der Waals surface area contributed by atoms with Gasteiger partial charge in [-0.05, 0) is 37.8 Å². The highest BCUT2D eigenvalue weighted by atomic mass is 32.2. The van der Waals surface area contributed by atoms with Crippen molar-refractivity contribution in [2.24, 2.45) is 0 Å². The number of carbonyl (C=O) groups excluding carboxylic acids is 2. The second kappa shape index (κ2) is 5.97. The van der Waals surface area contributed by atoms with Crippen LogP contribution in [-0.4, -0.2) is 26.5 Å². The van der Waals surface area contributed by atoms with Crippen LogP contribution < -0.4 is 9.62 Å². The van der Waals surface area contributed by atoms with Gasteiger partial charge in [0.1, 0.15) is 11.9 Å². The SMILES string of the molecule is CS(=O)(=O)Nc1cc(N2C(=O)C3=C(CCCC3)C2=O)c(F)cc1C#N. The molecule has 3 rings (SSSR count). The largest absolute Gasteiger partial charge is 0.282 e. The molecule has 9 heteroatoms. The van der Waals surface area contributed by atoms with Gasteiger partial charge in [-0.2, -0.15) is 5.26 Å². The zero-order chi connectivity index (χ0) is 18.4. The zero-order valence-electron chi connectivity index (χ0n) is 13.3. The molecule has 0 saturated heterocycles. The molecule has 0 atom stereocenters. The summed E-state index contributed by atoms with van der Waals surface area (Å²) in [6.45, 7) is 0. The highest BCUT2D eigenvalue weighted by Crippen LogP contribution is 2.38. The Balaban J connectivity index is 2.09. The summed E-state index contributed by atoms with van der Waals surface area (Å²) in [6, 6.07) is 3.49. The lowest BCUT2D eigenvalue weighted by Crippen LogP contribution is -2.32. The van der Waals surface area contributed by atoms with Gasteiger partial charge in [0.05, 0.1) is 23.2 Å². The van der Waals surface area contributed by atoms with Crippen LogP contribution in [0, 0.1) is 17.1 Å². The Kier molecular flexibility index (Phi) is 4.08. The van der Waals surface area contributed by atoms with E-state index < -0.39 is 27.7 Å². The van der Waals surface area contributed by atoms with Crippen molar-refractivity contribution in [1.29, 1.82) is 5.26 Å². The number of hydrogen-bond donors (Lipinski definition) is 1. The van der Waals surface area contributed by atoms with Gasteiger partial charge in [-0.1, -0.05) is 0 Å². The van der Waals surface area contributed by atoms with E-state index in [1.54, 1.807) is 6.07 Å². The summed E-state index contributed by atoms with van der Waals surface area (Å²) in [4.78, 5) is 25.8. The van der Waals surface area contributed by atoms with Gasteiger partial charge >= 0.3 is 0 Å². The molecule has 0 unspecified atom stereocenters. The first-order valence-electron chi connectivity index (χ1n) is 7.55. The molecular weight excluding hydrogens is 349 g/mol. The predicted octanol–water partition coefficient (Wildman–Crippen LogP) is 1.81. The van der Waals surface area contributed by atoms with Crippen molar-refractivity contribution in [1.82, 2.24) is 0 Å². The molecule has 1 aromatic carbocycles. The lowest BCUT2D eigenvalue weighted by Gasteiger charge is -2.18. The minimum absolute atomic E-state index is 0.188. The Morgan fingerprint density at radius 2 is 1.72 bits per heavy atom. The molecule has 0 fully saturated rings. The van der Waals surface area contributed by atoms with Crippen LogP contribution in [0.5, 0.6) is 0 Å². The quantitative estimate of drug-likeness (QED) is 0.824. The number of imide groups is 1. The Morgan fingerprint density at radius 1 is 1.16 bits per heavy atom. The van der Waals surface area contributed by atoms with Gasteiger partial charge in [0.25, 0.3) is 11.8 Å². The Hall–Kier alpha value is -2.73. The molecule has 0 aromatic heterocycles. The van der Waals surface area contributed by atoms with E-state index in [9.17, 15) is 22.4 Å². The van der Waals surface area contributed by atoms with Crippen LogP contribution in [0.4, 0.5) is 15.8 Å². The molecule has 1 aliphatic carbocycles. The molecule has 1 aliphatic heterocycles. The van der Waals surface area contributed by atoms with E-state index in [0.29, 0.717) is 24.0 Å². The molecule has 7 nitrogen and oxygen atoms in total. The summed E-state index contributed by atoms with van der Waals surface area (Å²) in [6.07, 6.45) is 3.36. The summed E-state index contributed by atoms with van der Waals surface area (Å²) < 4.78 is 39.4. The molecular formula is C16H14FN3O4S. The van der Waals surface area contributed by atoms with Crippen LogP contribution in [0.15, 0.2) is 23.3 Å². The number of nitrogens with one attached hydrogen (secondary N) is 1. The lowest BCUT2D eigenvalue weighted by atomic mass is 9.93. The number of benzene rings is 1. The highest BCUT2D eigenvalue weighted by molar-refractivity contribution is 7.92. The molecule has 0 radical (unpaired) electrons. The predicted molar refractivity (Wildman–Crippen MR) is 87.6 cm³/mol. The second-order valence-electron chi connectivity index (χ2n) is 5.95. The molecule has 0 bridgehead atoms. The second-order valence-corrected chi connectivity index (χ2v) is 7.69. The average molecular weight is 363 g/mol. The van der Waals surface area contributed by atoms with Gasteiger partial charge in [-0.15, -0.1) is 0 Å². The van der Waals surface area contributed by atoms with Crippen LogP contribution in [-0.2, 0) is 19.6 Å². The number of anilines is 2. The third-order valence-electron chi connectivity index (χ3n) is 4.13. The topological polar surface area (TPSA) is 107 Å². The number of carbonyl (C=O) groups is 2. The summed E-state index contributed by atoms with van der Waals surface area (Å²) in [7, 11) is -3.73. The minimum Gasteiger partial charge on any atom is -0.282 e. The Bertz CT molecular complexity index is 948. The van der Waals surface area contributed by atoms with Crippen molar-refractivity contribution in [2.45, 2.75) is 25.7 Å². The molecule has 0 spiro atoms. The van der Waals surface area contributed by atoms with Gasteiger partial charge in [-0.3, -0.25) is 14.3 Å². The summed E-state index contributed by atoms with van der Waals surface area (Å²) >= 11 is 0. The maximum atomic E-state index is 14.4. The summed E-state index contributed by atoms with van der Waals surface area (Å²) in [5, 5.41) is 9.06. The number of nitriles is 1. The van der Waals surface area contributed by atoms with Crippen LogP contribution in [0.1, 0.15) is 31.2 Å². The molecule has 2 aliphatic rings. The normalized spacial score (nSPS) is 17.6. The molecule has 0 saturated carbocycles. The van der Waals surface area contributed by atoms with E-state index >= 15 is 0 Å². The lowest BCUT2D eigenvalue weighted by molar-refractivity contribution is -0.120. The van der Waals surface area contributed by atoms with Crippen LogP contribution >= 0.6 is 0 Å². The number of halogens is 1. The van der Waals surface area contributed by atoms with Gasteiger partial charge < -0.3 is 0 Å². The van der Waals surface area contributed by atoms with Gasteiger partial charge in [0, 0.05) is 11.1 Å². The van der Waals surface area contributed by atoms with E-state index in [2.05, 4.69) is 4.72 Å². The van der Waals surface area contributed by atoms with E-state index in [0.717, 1.165) is 36.1 Å². The first kappa shape index (κ1) is 17.1. The van der Waals surface area contributed by atoms with Crippen LogP contribution in [0.2, 0.25) is 0 Å². The van der Waals surface area contributed by atoms with E-state index in [1.165, 1.54) is 0 Å². The number of hydrogen-bond acceptors (Lipinski definition) is 5. The van der Waals surface area contributed by atoms with Crippen molar-refractivity contribution < 1.29 is 22.4 Å². The van der Waals surface area contributed by atoms with Crippen molar-refractivity contribution in [3.63, 3.8) is 0 Å². The maximum absolute atomic E-state index is 14.4. The number of sulfonamides is 1. The molecule has 1 N–H and O–H groups in total. The third kappa shape index (κ3) is 3.00. The van der Waals surface area contributed by atoms with Crippen molar-refractivity contribution >= 4 is 33.2 Å². The number of rotatable bonds is 3. The Labute approximate surface area is 143 Å². The zero-order valence-corrected chi connectivity index (χ0v) is 14.1.